The average Bonchev–Trinajstić information content (AvgIpc) is 3.39. The van der Waals surface area contributed by atoms with Gasteiger partial charge < -0.3 is 20.1 Å². The number of rotatable bonds is 0. The van der Waals surface area contributed by atoms with Gasteiger partial charge in [-0.3, -0.25) is 4.79 Å². The Balaban J connectivity index is 1.78. The Hall–Kier alpha value is -0.750. The number of ether oxygens (including phenoxy) is 1. The van der Waals surface area contributed by atoms with Crippen LogP contribution in [0.1, 0.15) is 47.0 Å². The van der Waals surface area contributed by atoms with E-state index in [0.717, 1.165) is 6.42 Å². The minimum atomic E-state index is -1.73. The maximum absolute atomic E-state index is 13.1. The summed E-state index contributed by atoms with van der Waals surface area (Å²) in [5.74, 6) is -0.721. The summed E-state index contributed by atoms with van der Waals surface area (Å²) in [5, 5.41) is 33.0. The first-order chi connectivity index (χ1) is 11.5. The molecule has 0 bridgehead atoms. The standard InChI is InChI=1S/C20H30O5/c1-10-7-13-12(18(13,3)4)5-6-19(9-25-19)17(23)14-15(21)11(2)8-20(14,24)16(10)22/h7,11-15,17,21,23-24H,5-6,8-9H2,1-4H3/b10-7+/t11-,12-,13+,14+,15-,17+,19-,20+/m0/s1. The number of epoxide rings is 1. The van der Waals surface area contributed by atoms with E-state index in [1.165, 1.54) is 0 Å². The molecule has 140 valence electrons. The molecule has 4 aliphatic rings. The molecular formula is C20H30O5. The maximum Gasteiger partial charge on any atom is 0.190 e. The Morgan fingerprint density at radius 1 is 1.28 bits per heavy atom. The topological polar surface area (TPSA) is 90.3 Å². The summed E-state index contributed by atoms with van der Waals surface area (Å²) in [5.41, 5.74) is -1.76. The molecule has 25 heavy (non-hydrogen) atoms. The Morgan fingerprint density at radius 2 is 1.92 bits per heavy atom. The van der Waals surface area contributed by atoms with Gasteiger partial charge in [0.2, 0.25) is 0 Å². The monoisotopic (exact) mass is 350 g/mol. The summed E-state index contributed by atoms with van der Waals surface area (Å²) >= 11 is 0. The lowest BCUT2D eigenvalue weighted by atomic mass is 9.75. The third-order valence-corrected chi connectivity index (χ3v) is 7.73. The Morgan fingerprint density at radius 3 is 2.52 bits per heavy atom. The zero-order chi connectivity index (χ0) is 18.4. The van der Waals surface area contributed by atoms with Crippen molar-refractivity contribution in [2.45, 2.75) is 70.4 Å². The quantitative estimate of drug-likeness (QED) is 0.575. The lowest BCUT2D eigenvalue weighted by Gasteiger charge is -2.36. The van der Waals surface area contributed by atoms with Gasteiger partial charge in [-0.15, -0.1) is 0 Å². The molecule has 3 fully saturated rings. The van der Waals surface area contributed by atoms with Crippen LogP contribution in [0.25, 0.3) is 0 Å². The predicted octanol–water partition coefficient (Wildman–Crippen LogP) is 1.45. The van der Waals surface area contributed by atoms with Crippen molar-refractivity contribution in [1.29, 1.82) is 0 Å². The highest BCUT2D eigenvalue weighted by Crippen LogP contribution is 2.63. The first-order valence-corrected chi connectivity index (χ1v) is 9.50. The number of aliphatic hydroxyl groups is 3. The molecule has 1 heterocycles. The molecule has 5 heteroatoms. The number of hydrogen-bond acceptors (Lipinski definition) is 5. The van der Waals surface area contributed by atoms with E-state index >= 15 is 0 Å². The van der Waals surface area contributed by atoms with Crippen LogP contribution in [0, 0.1) is 29.1 Å². The van der Waals surface area contributed by atoms with E-state index in [2.05, 4.69) is 13.8 Å². The van der Waals surface area contributed by atoms with E-state index in [1.807, 2.05) is 13.0 Å². The molecule has 0 amide bonds. The third-order valence-electron chi connectivity index (χ3n) is 7.73. The minimum Gasteiger partial charge on any atom is -0.392 e. The van der Waals surface area contributed by atoms with Crippen molar-refractivity contribution < 1.29 is 24.9 Å². The van der Waals surface area contributed by atoms with Crippen molar-refractivity contribution in [2.24, 2.45) is 29.1 Å². The fraction of sp³-hybridized carbons (Fsp3) is 0.850. The molecule has 0 aromatic carbocycles. The molecule has 0 aromatic heterocycles. The first kappa shape index (κ1) is 17.7. The summed E-state index contributed by atoms with van der Waals surface area (Å²) < 4.78 is 5.66. The first-order valence-electron chi connectivity index (χ1n) is 9.50. The van der Waals surface area contributed by atoms with Crippen LogP contribution in [0.15, 0.2) is 11.6 Å². The lowest BCUT2D eigenvalue weighted by Crippen LogP contribution is -2.54. The number of aliphatic hydroxyl groups excluding tert-OH is 2. The summed E-state index contributed by atoms with van der Waals surface area (Å²) in [4.78, 5) is 13.1. The fourth-order valence-electron chi connectivity index (χ4n) is 5.71. The van der Waals surface area contributed by atoms with Crippen LogP contribution < -0.4 is 0 Å². The van der Waals surface area contributed by atoms with E-state index in [9.17, 15) is 20.1 Å². The van der Waals surface area contributed by atoms with Gasteiger partial charge in [0, 0.05) is 0 Å². The maximum atomic E-state index is 13.1. The van der Waals surface area contributed by atoms with Crippen molar-refractivity contribution in [3.63, 3.8) is 0 Å². The molecule has 8 atom stereocenters. The Labute approximate surface area is 149 Å². The molecule has 0 radical (unpaired) electrons. The molecule has 5 nitrogen and oxygen atoms in total. The SMILES string of the molecule is C/C1=C\[C@@H]2[C@H](CC[C@]3(CO3)[C@H](O)[C@H]3[C@@H](O)[C@@H](C)C[C@]3(O)C1=O)C2(C)C. The second-order valence-electron chi connectivity index (χ2n) is 9.59. The molecular weight excluding hydrogens is 320 g/mol. The molecule has 1 saturated heterocycles. The number of carbonyl (C=O) groups is 1. The summed E-state index contributed by atoms with van der Waals surface area (Å²) in [6, 6.07) is 0. The molecule has 0 aromatic rings. The Bertz CT molecular complexity index is 634. The molecule has 2 saturated carbocycles. The zero-order valence-electron chi connectivity index (χ0n) is 15.5. The highest BCUT2D eigenvalue weighted by molar-refractivity contribution is 6.02. The van der Waals surface area contributed by atoms with Gasteiger partial charge in [-0.25, -0.2) is 0 Å². The number of fused-ring (bicyclic) bond motifs is 2. The van der Waals surface area contributed by atoms with Gasteiger partial charge in [-0.05, 0) is 54.9 Å². The van der Waals surface area contributed by atoms with Crippen LogP contribution in [-0.4, -0.2) is 51.1 Å². The Kier molecular flexibility index (Phi) is 3.64. The number of hydrogen-bond donors (Lipinski definition) is 3. The lowest BCUT2D eigenvalue weighted by molar-refractivity contribution is -0.150. The van der Waals surface area contributed by atoms with Gasteiger partial charge in [0.15, 0.2) is 5.78 Å². The number of Topliss-reactive ketones (excluding diaryl/α,β-unsaturated/α-hetero) is 1. The molecule has 3 aliphatic carbocycles. The van der Waals surface area contributed by atoms with Crippen LogP contribution in [-0.2, 0) is 9.53 Å². The summed E-state index contributed by atoms with van der Waals surface area (Å²) in [6.45, 7) is 8.42. The van der Waals surface area contributed by atoms with Crippen LogP contribution in [0.5, 0.6) is 0 Å². The number of carbonyl (C=O) groups excluding carboxylic acids is 1. The molecule has 1 aliphatic heterocycles. The van der Waals surface area contributed by atoms with Crippen molar-refractivity contribution in [3.8, 4) is 0 Å². The van der Waals surface area contributed by atoms with Crippen LogP contribution in [0.2, 0.25) is 0 Å². The number of ketones is 1. The van der Waals surface area contributed by atoms with Gasteiger partial charge in [-0.1, -0.05) is 26.8 Å². The van der Waals surface area contributed by atoms with Crippen LogP contribution in [0.4, 0.5) is 0 Å². The summed E-state index contributed by atoms with van der Waals surface area (Å²) in [7, 11) is 0. The third kappa shape index (κ3) is 2.32. The molecule has 3 N–H and O–H groups in total. The highest BCUT2D eigenvalue weighted by Gasteiger charge is 2.66. The normalized spacial score (nSPS) is 56.4. The summed E-state index contributed by atoms with van der Waals surface area (Å²) in [6.07, 6.45) is 1.86. The van der Waals surface area contributed by atoms with Gasteiger partial charge in [0.1, 0.15) is 11.2 Å². The van der Waals surface area contributed by atoms with E-state index in [1.54, 1.807) is 6.92 Å². The van der Waals surface area contributed by atoms with Gasteiger partial charge in [-0.2, -0.15) is 0 Å². The zero-order valence-corrected chi connectivity index (χ0v) is 15.5. The van der Waals surface area contributed by atoms with Crippen LogP contribution >= 0.6 is 0 Å². The van der Waals surface area contributed by atoms with Crippen molar-refractivity contribution >= 4 is 5.78 Å². The molecule has 4 rings (SSSR count). The van der Waals surface area contributed by atoms with Crippen molar-refractivity contribution in [1.82, 2.24) is 0 Å². The highest BCUT2D eigenvalue weighted by atomic mass is 16.6. The smallest absolute Gasteiger partial charge is 0.190 e. The van der Waals surface area contributed by atoms with E-state index in [0.29, 0.717) is 30.4 Å². The van der Waals surface area contributed by atoms with E-state index < -0.39 is 29.3 Å². The van der Waals surface area contributed by atoms with Gasteiger partial charge in [0.25, 0.3) is 0 Å². The predicted molar refractivity (Wildman–Crippen MR) is 91.7 cm³/mol. The van der Waals surface area contributed by atoms with Gasteiger partial charge >= 0.3 is 0 Å². The fourth-order valence-corrected chi connectivity index (χ4v) is 5.71. The number of allylic oxidation sites excluding steroid dienone is 1. The largest absolute Gasteiger partial charge is 0.392 e. The van der Waals surface area contributed by atoms with E-state index in [-0.39, 0.29) is 23.5 Å². The minimum absolute atomic E-state index is 0.131. The molecule has 0 unspecified atom stereocenters. The van der Waals surface area contributed by atoms with Crippen molar-refractivity contribution in [2.75, 3.05) is 6.61 Å². The van der Waals surface area contributed by atoms with Crippen molar-refractivity contribution in [3.05, 3.63) is 11.6 Å². The second kappa shape index (κ2) is 5.16. The second-order valence-corrected chi connectivity index (χ2v) is 9.59. The van der Waals surface area contributed by atoms with E-state index in [4.69, 9.17) is 4.74 Å². The van der Waals surface area contributed by atoms with Gasteiger partial charge in [0.05, 0.1) is 24.7 Å². The van der Waals surface area contributed by atoms with Crippen LogP contribution in [0.3, 0.4) is 0 Å². The molecule has 1 spiro atoms. The average molecular weight is 350 g/mol.